The van der Waals surface area contributed by atoms with Crippen molar-refractivity contribution in [3.63, 3.8) is 0 Å². The Hall–Kier alpha value is -2.34. The van der Waals surface area contributed by atoms with Crippen LogP contribution in [-0.4, -0.2) is 43.0 Å². The van der Waals surface area contributed by atoms with Crippen LogP contribution >= 0.6 is 0 Å². The summed E-state index contributed by atoms with van der Waals surface area (Å²) in [6.07, 6.45) is 1.98. The van der Waals surface area contributed by atoms with Crippen molar-refractivity contribution in [1.82, 2.24) is 0 Å². The van der Waals surface area contributed by atoms with Gasteiger partial charge in [-0.1, -0.05) is 18.2 Å². The zero-order chi connectivity index (χ0) is 17.2. The maximum absolute atomic E-state index is 11.1. The fourth-order valence-corrected chi connectivity index (χ4v) is 1.84. The Kier molecular flexibility index (Phi) is 7.83. The van der Waals surface area contributed by atoms with Crippen LogP contribution in [0.15, 0.2) is 36.4 Å². The number of methoxy groups -OCH3 is 1. The Morgan fingerprint density at radius 1 is 1.17 bits per heavy atom. The Morgan fingerprint density at radius 2 is 1.83 bits per heavy atom. The van der Waals surface area contributed by atoms with Gasteiger partial charge in [-0.2, -0.15) is 0 Å². The van der Waals surface area contributed by atoms with E-state index in [1.54, 1.807) is 19.3 Å². The molecule has 0 bridgehead atoms. The first-order valence-corrected chi connectivity index (χ1v) is 7.20. The highest BCUT2D eigenvalue weighted by atomic mass is 16.6. The highest BCUT2D eigenvalue weighted by molar-refractivity contribution is 5.66. The second-order valence-electron chi connectivity index (χ2n) is 4.92. The molecule has 0 aromatic heterocycles. The molecule has 1 aromatic carbocycles. The summed E-state index contributed by atoms with van der Waals surface area (Å²) in [5.41, 5.74) is 1.04. The fraction of sp³-hybridized carbons (Fsp3) is 0.412. The van der Waals surface area contributed by atoms with E-state index in [1.165, 1.54) is 13.8 Å². The molecule has 126 valence electrons. The third-order valence-electron chi connectivity index (χ3n) is 2.98. The molecule has 0 aliphatic carbocycles. The van der Waals surface area contributed by atoms with Crippen LogP contribution in [0.3, 0.4) is 0 Å². The molecule has 0 saturated heterocycles. The lowest BCUT2D eigenvalue weighted by molar-refractivity contribution is -0.154. The van der Waals surface area contributed by atoms with Gasteiger partial charge in [0.1, 0.15) is 24.6 Å². The van der Waals surface area contributed by atoms with E-state index in [-0.39, 0.29) is 6.61 Å². The third-order valence-corrected chi connectivity index (χ3v) is 2.98. The lowest BCUT2D eigenvalue weighted by atomic mass is 10.1. The highest BCUT2D eigenvalue weighted by Gasteiger charge is 2.20. The van der Waals surface area contributed by atoms with Crippen LogP contribution in [-0.2, 0) is 25.5 Å². The smallest absolute Gasteiger partial charge is 0.303 e. The van der Waals surface area contributed by atoms with E-state index in [2.05, 4.69) is 0 Å². The molecule has 6 nitrogen and oxygen atoms in total. The van der Waals surface area contributed by atoms with E-state index < -0.39 is 24.1 Å². The number of allylic oxidation sites excluding steroid dienone is 1. The molecule has 0 amide bonds. The number of esters is 2. The summed E-state index contributed by atoms with van der Waals surface area (Å²) in [5.74, 6) is -0.258. The Bertz CT molecular complexity index is 535. The standard InChI is InChI=1S/C17H22O6/c1-12(18)22-11-16(20)17(23-13(2)19)6-4-5-14-7-9-15(21-3)10-8-14/h4,6-10,16-17,20H,5,11H2,1-3H3/b6-4+/t16-,17+/m1/s1. The van der Waals surface area contributed by atoms with Crippen LogP contribution in [0, 0.1) is 0 Å². The van der Waals surface area contributed by atoms with Gasteiger partial charge in [-0.3, -0.25) is 9.59 Å². The van der Waals surface area contributed by atoms with Crippen molar-refractivity contribution in [3.8, 4) is 5.75 Å². The molecule has 0 fully saturated rings. The predicted octanol–water partition coefficient (Wildman–Crippen LogP) is 1.65. The number of ether oxygens (including phenoxy) is 3. The monoisotopic (exact) mass is 322 g/mol. The van der Waals surface area contributed by atoms with Gasteiger partial charge in [-0.15, -0.1) is 0 Å². The first-order chi connectivity index (χ1) is 10.9. The minimum Gasteiger partial charge on any atom is -0.497 e. The molecule has 0 spiro atoms. The van der Waals surface area contributed by atoms with Gasteiger partial charge in [0.15, 0.2) is 0 Å². The summed E-state index contributed by atoms with van der Waals surface area (Å²) < 4.78 is 14.8. The number of hydrogen-bond donors (Lipinski definition) is 1. The van der Waals surface area contributed by atoms with Crippen molar-refractivity contribution in [2.24, 2.45) is 0 Å². The number of hydrogen-bond acceptors (Lipinski definition) is 6. The molecule has 1 rings (SSSR count). The summed E-state index contributed by atoms with van der Waals surface area (Å²) in [5, 5.41) is 9.95. The van der Waals surface area contributed by atoms with Gasteiger partial charge in [0.25, 0.3) is 0 Å². The van der Waals surface area contributed by atoms with Gasteiger partial charge in [-0.05, 0) is 30.2 Å². The summed E-state index contributed by atoms with van der Waals surface area (Å²) in [7, 11) is 1.60. The topological polar surface area (TPSA) is 82.1 Å². The number of aliphatic hydroxyl groups is 1. The number of carbonyl (C=O) groups is 2. The van der Waals surface area contributed by atoms with E-state index in [1.807, 2.05) is 24.3 Å². The summed E-state index contributed by atoms with van der Waals surface area (Å²) in [6.45, 7) is 2.26. The van der Waals surface area contributed by atoms with E-state index >= 15 is 0 Å². The number of rotatable bonds is 8. The van der Waals surface area contributed by atoms with Gasteiger partial charge >= 0.3 is 11.9 Å². The summed E-state index contributed by atoms with van der Waals surface area (Å²) in [6, 6.07) is 7.53. The summed E-state index contributed by atoms with van der Waals surface area (Å²) >= 11 is 0. The molecule has 0 saturated carbocycles. The Morgan fingerprint density at radius 3 is 2.35 bits per heavy atom. The van der Waals surface area contributed by atoms with Crippen LogP contribution in [0.4, 0.5) is 0 Å². The summed E-state index contributed by atoms with van der Waals surface area (Å²) in [4.78, 5) is 21.9. The predicted molar refractivity (Wildman–Crippen MR) is 84.0 cm³/mol. The highest BCUT2D eigenvalue weighted by Crippen LogP contribution is 2.12. The molecule has 23 heavy (non-hydrogen) atoms. The van der Waals surface area contributed by atoms with Gasteiger partial charge in [0, 0.05) is 13.8 Å². The number of benzene rings is 1. The number of carbonyl (C=O) groups excluding carboxylic acids is 2. The van der Waals surface area contributed by atoms with E-state index in [4.69, 9.17) is 14.2 Å². The maximum atomic E-state index is 11.1. The van der Waals surface area contributed by atoms with Crippen LogP contribution in [0.25, 0.3) is 0 Å². The lowest BCUT2D eigenvalue weighted by Crippen LogP contribution is -2.33. The number of aliphatic hydroxyl groups excluding tert-OH is 1. The zero-order valence-corrected chi connectivity index (χ0v) is 13.5. The molecule has 0 aliphatic rings. The molecule has 1 N–H and O–H groups in total. The maximum Gasteiger partial charge on any atom is 0.303 e. The molecule has 0 aliphatic heterocycles. The van der Waals surface area contributed by atoms with Gasteiger partial charge < -0.3 is 19.3 Å². The van der Waals surface area contributed by atoms with Crippen LogP contribution in [0.2, 0.25) is 0 Å². The van der Waals surface area contributed by atoms with Gasteiger partial charge in [-0.25, -0.2) is 0 Å². The van der Waals surface area contributed by atoms with E-state index in [0.717, 1.165) is 11.3 Å². The quantitative estimate of drug-likeness (QED) is 0.579. The van der Waals surface area contributed by atoms with Crippen LogP contribution in [0.1, 0.15) is 19.4 Å². The molecular weight excluding hydrogens is 300 g/mol. The van der Waals surface area contributed by atoms with Crippen molar-refractivity contribution < 1.29 is 28.9 Å². The van der Waals surface area contributed by atoms with Crippen molar-refractivity contribution in [2.45, 2.75) is 32.5 Å². The minimum atomic E-state index is -1.12. The van der Waals surface area contributed by atoms with E-state index in [9.17, 15) is 14.7 Å². The first-order valence-electron chi connectivity index (χ1n) is 7.20. The second kappa shape index (κ2) is 9.63. The van der Waals surface area contributed by atoms with Crippen molar-refractivity contribution in [2.75, 3.05) is 13.7 Å². The van der Waals surface area contributed by atoms with Gasteiger partial charge in [0.2, 0.25) is 0 Å². The first kappa shape index (κ1) is 18.7. The molecule has 0 heterocycles. The average Bonchev–Trinajstić information content (AvgIpc) is 2.51. The Balaban J connectivity index is 2.63. The average molecular weight is 322 g/mol. The minimum absolute atomic E-state index is 0.236. The van der Waals surface area contributed by atoms with Crippen LogP contribution in [0.5, 0.6) is 5.75 Å². The largest absolute Gasteiger partial charge is 0.497 e. The van der Waals surface area contributed by atoms with Gasteiger partial charge in [0.05, 0.1) is 7.11 Å². The molecule has 6 heteroatoms. The molecule has 0 radical (unpaired) electrons. The molecule has 2 atom stereocenters. The normalized spacial score (nSPS) is 13.4. The van der Waals surface area contributed by atoms with Crippen molar-refractivity contribution in [3.05, 3.63) is 42.0 Å². The molecule has 1 aromatic rings. The second-order valence-corrected chi connectivity index (χ2v) is 4.92. The zero-order valence-electron chi connectivity index (χ0n) is 13.5. The SMILES string of the molecule is COc1ccc(C/C=C/[C@H](OC(C)=O)[C@H](O)COC(C)=O)cc1. The van der Waals surface area contributed by atoms with Crippen molar-refractivity contribution >= 4 is 11.9 Å². The fourth-order valence-electron chi connectivity index (χ4n) is 1.84. The van der Waals surface area contributed by atoms with Crippen LogP contribution < -0.4 is 4.74 Å². The van der Waals surface area contributed by atoms with E-state index in [0.29, 0.717) is 6.42 Å². The Labute approximate surface area is 135 Å². The molecular formula is C17H22O6. The molecule has 0 unspecified atom stereocenters. The van der Waals surface area contributed by atoms with Crippen molar-refractivity contribution in [1.29, 1.82) is 0 Å². The third kappa shape index (κ3) is 7.46. The lowest BCUT2D eigenvalue weighted by Gasteiger charge is -2.19.